The third kappa shape index (κ3) is 5.39. The molecular formula is C20H27FN4O2. The highest BCUT2D eigenvalue weighted by atomic mass is 19.1. The van der Waals surface area contributed by atoms with E-state index in [1.54, 1.807) is 0 Å². The molecule has 0 radical (unpaired) electrons. The number of primary amides is 1. The SMILES string of the molecule is Cc1nn(CC(C)C)c(C)c1CC(=O)N(CCC(N)=O)c1ccc(F)cc1. The zero-order chi connectivity index (χ0) is 20.1. The highest BCUT2D eigenvalue weighted by molar-refractivity contribution is 5.95. The summed E-state index contributed by atoms with van der Waals surface area (Å²) < 4.78 is 15.2. The van der Waals surface area contributed by atoms with Gasteiger partial charge in [0.05, 0.1) is 12.1 Å². The summed E-state index contributed by atoms with van der Waals surface area (Å²) in [5, 5.41) is 4.54. The van der Waals surface area contributed by atoms with E-state index in [0.717, 1.165) is 23.5 Å². The topological polar surface area (TPSA) is 81.2 Å². The first-order chi connectivity index (χ1) is 12.7. The van der Waals surface area contributed by atoms with Gasteiger partial charge in [-0.1, -0.05) is 13.8 Å². The van der Waals surface area contributed by atoms with Gasteiger partial charge in [-0.3, -0.25) is 14.3 Å². The van der Waals surface area contributed by atoms with Gasteiger partial charge in [0.1, 0.15) is 5.82 Å². The van der Waals surface area contributed by atoms with E-state index >= 15 is 0 Å². The Kier molecular flexibility index (Phi) is 6.71. The zero-order valence-electron chi connectivity index (χ0n) is 16.3. The minimum atomic E-state index is -0.493. The Morgan fingerprint density at radius 1 is 1.22 bits per heavy atom. The lowest BCUT2D eigenvalue weighted by atomic mass is 10.1. The lowest BCUT2D eigenvalue weighted by molar-refractivity contribution is -0.118. The molecule has 0 atom stereocenters. The Morgan fingerprint density at radius 3 is 2.41 bits per heavy atom. The van der Waals surface area contributed by atoms with Crippen molar-refractivity contribution in [2.75, 3.05) is 11.4 Å². The van der Waals surface area contributed by atoms with E-state index in [0.29, 0.717) is 11.6 Å². The molecule has 1 heterocycles. The number of benzene rings is 1. The second-order valence-corrected chi connectivity index (χ2v) is 7.14. The van der Waals surface area contributed by atoms with Gasteiger partial charge in [-0.25, -0.2) is 4.39 Å². The van der Waals surface area contributed by atoms with Gasteiger partial charge in [-0.05, 0) is 44.0 Å². The number of aromatic nitrogens is 2. The van der Waals surface area contributed by atoms with Gasteiger partial charge in [0, 0.05) is 36.5 Å². The molecule has 0 unspecified atom stereocenters. The normalized spacial score (nSPS) is 11.0. The molecule has 0 fully saturated rings. The summed E-state index contributed by atoms with van der Waals surface area (Å²) in [5.41, 5.74) is 8.44. The Bertz CT molecular complexity index is 812. The van der Waals surface area contributed by atoms with E-state index in [1.165, 1.54) is 29.2 Å². The van der Waals surface area contributed by atoms with Crippen molar-refractivity contribution in [1.29, 1.82) is 0 Å². The summed E-state index contributed by atoms with van der Waals surface area (Å²) in [6.45, 7) is 9.00. The van der Waals surface area contributed by atoms with Crippen LogP contribution in [-0.2, 0) is 22.6 Å². The minimum Gasteiger partial charge on any atom is -0.370 e. The number of carbonyl (C=O) groups excluding carboxylic acids is 2. The van der Waals surface area contributed by atoms with Crippen molar-refractivity contribution in [2.45, 2.75) is 47.1 Å². The van der Waals surface area contributed by atoms with Gasteiger partial charge in [-0.15, -0.1) is 0 Å². The number of anilines is 1. The lowest BCUT2D eigenvalue weighted by Crippen LogP contribution is -2.35. The average Bonchev–Trinajstić information content (AvgIpc) is 2.83. The van der Waals surface area contributed by atoms with Crippen molar-refractivity contribution in [3.05, 3.63) is 47.0 Å². The molecule has 1 aromatic heterocycles. The first-order valence-electron chi connectivity index (χ1n) is 9.06. The Labute approximate surface area is 159 Å². The quantitative estimate of drug-likeness (QED) is 0.771. The molecule has 7 heteroatoms. The van der Waals surface area contributed by atoms with E-state index in [4.69, 9.17) is 5.73 Å². The summed E-state index contributed by atoms with van der Waals surface area (Å²) in [4.78, 5) is 25.7. The van der Waals surface area contributed by atoms with Gasteiger partial charge in [0.2, 0.25) is 11.8 Å². The number of nitrogens with zero attached hydrogens (tertiary/aromatic N) is 3. The molecule has 0 spiro atoms. The van der Waals surface area contributed by atoms with E-state index < -0.39 is 5.91 Å². The number of hydrogen-bond donors (Lipinski definition) is 1. The molecule has 0 aliphatic rings. The fourth-order valence-electron chi connectivity index (χ4n) is 3.00. The van der Waals surface area contributed by atoms with Gasteiger partial charge in [0.25, 0.3) is 0 Å². The number of rotatable bonds is 8. The molecule has 6 nitrogen and oxygen atoms in total. The number of hydrogen-bond acceptors (Lipinski definition) is 3. The summed E-state index contributed by atoms with van der Waals surface area (Å²) in [6.07, 6.45) is 0.194. The van der Waals surface area contributed by atoms with E-state index in [-0.39, 0.29) is 31.1 Å². The molecule has 146 valence electrons. The van der Waals surface area contributed by atoms with Crippen molar-refractivity contribution in [3.8, 4) is 0 Å². The molecule has 0 saturated carbocycles. The molecule has 2 N–H and O–H groups in total. The highest BCUT2D eigenvalue weighted by Gasteiger charge is 2.21. The van der Waals surface area contributed by atoms with Crippen LogP contribution in [0.15, 0.2) is 24.3 Å². The van der Waals surface area contributed by atoms with Crippen LogP contribution in [0.5, 0.6) is 0 Å². The van der Waals surface area contributed by atoms with Crippen molar-refractivity contribution in [1.82, 2.24) is 9.78 Å². The molecule has 0 aliphatic carbocycles. The maximum absolute atomic E-state index is 13.2. The maximum Gasteiger partial charge on any atom is 0.231 e. The van der Waals surface area contributed by atoms with Crippen molar-refractivity contribution in [2.24, 2.45) is 11.7 Å². The first-order valence-corrected chi connectivity index (χ1v) is 9.06. The van der Waals surface area contributed by atoms with Crippen LogP contribution in [0.3, 0.4) is 0 Å². The van der Waals surface area contributed by atoms with Crippen LogP contribution in [0.1, 0.15) is 37.2 Å². The summed E-state index contributed by atoms with van der Waals surface area (Å²) in [7, 11) is 0. The molecule has 0 bridgehead atoms. The molecule has 2 aromatic rings. The monoisotopic (exact) mass is 374 g/mol. The van der Waals surface area contributed by atoms with Crippen molar-refractivity contribution in [3.63, 3.8) is 0 Å². The Morgan fingerprint density at radius 2 is 1.85 bits per heavy atom. The fourth-order valence-corrected chi connectivity index (χ4v) is 3.00. The molecule has 27 heavy (non-hydrogen) atoms. The van der Waals surface area contributed by atoms with Crippen LogP contribution in [-0.4, -0.2) is 28.1 Å². The zero-order valence-corrected chi connectivity index (χ0v) is 16.3. The molecule has 2 amide bonds. The number of halogens is 1. The third-order valence-corrected chi connectivity index (χ3v) is 4.42. The molecule has 0 aliphatic heterocycles. The molecule has 1 aromatic carbocycles. The van der Waals surface area contributed by atoms with Gasteiger partial charge in [0.15, 0.2) is 0 Å². The number of aryl methyl sites for hydroxylation is 1. The van der Waals surface area contributed by atoms with E-state index in [9.17, 15) is 14.0 Å². The van der Waals surface area contributed by atoms with Crippen LogP contribution >= 0.6 is 0 Å². The first kappa shape index (κ1) is 20.6. The van der Waals surface area contributed by atoms with E-state index in [2.05, 4.69) is 18.9 Å². The minimum absolute atomic E-state index is 0.0354. The average molecular weight is 374 g/mol. The summed E-state index contributed by atoms with van der Waals surface area (Å²) in [5.74, 6) is -0.620. The van der Waals surface area contributed by atoms with Crippen molar-refractivity contribution < 1.29 is 14.0 Å². The smallest absolute Gasteiger partial charge is 0.231 e. The Balaban J connectivity index is 2.26. The number of amides is 2. The predicted octanol–water partition coefficient (Wildman–Crippen LogP) is 2.75. The second kappa shape index (κ2) is 8.79. The van der Waals surface area contributed by atoms with Crippen LogP contribution in [0.4, 0.5) is 10.1 Å². The summed E-state index contributed by atoms with van der Waals surface area (Å²) >= 11 is 0. The molecule has 0 saturated heterocycles. The number of carbonyl (C=O) groups is 2. The predicted molar refractivity (Wildman–Crippen MR) is 103 cm³/mol. The van der Waals surface area contributed by atoms with Crippen LogP contribution in [0, 0.1) is 25.6 Å². The second-order valence-electron chi connectivity index (χ2n) is 7.14. The fraction of sp³-hybridized carbons (Fsp3) is 0.450. The largest absolute Gasteiger partial charge is 0.370 e. The third-order valence-electron chi connectivity index (χ3n) is 4.42. The Hall–Kier alpha value is -2.70. The van der Waals surface area contributed by atoms with Crippen LogP contribution < -0.4 is 10.6 Å². The van der Waals surface area contributed by atoms with Gasteiger partial charge in [-0.2, -0.15) is 5.10 Å². The molecule has 2 rings (SSSR count). The van der Waals surface area contributed by atoms with Gasteiger partial charge < -0.3 is 10.6 Å². The van der Waals surface area contributed by atoms with E-state index in [1.807, 2.05) is 18.5 Å². The van der Waals surface area contributed by atoms with Crippen molar-refractivity contribution >= 4 is 17.5 Å². The van der Waals surface area contributed by atoms with Crippen LogP contribution in [0.2, 0.25) is 0 Å². The maximum atomic E-state index is 13.2. The number of nitrogens with two attached hydrogens (primary N) is 1. The standard InChI is InChI=1S/C20H27FN4O2/c1-13(2)12-25-15(4)18(14(3)23-25)11-20(27)24(10-9-19(22)26)17-7-5-16(21)6-8-17/h5-8,13H,9-12H2,1-4H3,(H2,22,26). The highest BCUT2D eigenvalue weighted by Crippen LogP contribution is 2.20. The lowest BCUT2D eigenvalue weighted by Gasteiger charge is -2.22. The summed E-state index contributed by atoms with van der Waals surface area (Å²) in [6, 6.07) is 5.63. The van der Waals surface area contributed by atoms with Crippen LogP contribution in [0.25, 0.3) is 0 Å². The van der Waals surface area contributed by atoms with Gasteiger partial charge >= 0.3 is 0 Å². The molecular weight excluding hydrogens is 347 g/mol.